The topological polar surface area (TPSA) is 156 Å². The molecule has 10 nitrogen and oxygen atoms in total. The van der Waals surface area contributed by atoms with Crippen molar-refractivity contribution in [2.45, 2.75) is 30.8 Å². The second-order valence-electron chi connectivity index (χ2n) is 6.06. The third-order valence-electron chi connectivity index (χ3n) is 3.96. The maximum absolute atomic E-state index is 12.7. The summed E-state index contributed by atoms with van der Waals surface area (Å²) in [6, 6.07) is 1.49. The molecule has 150 valence electrons. The maximum atomic E-state index is 12.7. The molecular formula is C15H20N2O8S2. The quantitative estimate of drug-likeness (QED) is 0.575. The molecule has 0 aromatic heterocycles. The van der Waals surface area contributed by atoms with Gasteiger partial charge >= 0.3 is 12.1 Å². The summed E-state index contributed by atoms with van der Waals surface area (Å²) in [5.74, 6) is -2.23. The van der Waals surface area contributed by atoms with E-state index in [4.69, 9.17) is 9.84 Å². The van der Waals surface area contributed by atoms with E-state index < -0.39 is 55.5 Å². The molecule has 1 amide bonds. The normalized spacial score (nSPS) is 21.6. The lowest BCUT2D eigenvalue weighted by Gasteiger charge is -2.21. The second kappa shape index (κ2) is 7.82. The number of carbonyl (C=O) groups is 2. The van der Waals surface area contributed by atoms with Gasteiger partial charge in [0.1, 0.15) is 0 Å². The fraction of sp³-hybridized carbons (Fsp3) is 0.467. The number of nitrogens with one attached hydrogen (secondary N) is 2. The zero-order valence-electron chi connectivity index (χ0n) is 14.6. The number of carboxylic acid groups (broad SMARTS) is 1. The van der Waals surface area contributed by atoms with Gasteiger partial charge in [-0.2, -0.15) is 0 Å². The van der Waals surface area contributed by atoms with E-state index in [0.717, 1.165) is 6.07 Å². The van der Waals surface area contributed by atoms with Crippen molar-refractivity contribution >= 4 is 31.9 Å². The van der Waals surface area contributed by atoms with Gasteiger partial charge in [-0.25, -0.2) is 31.1 Å². The van der Waals surface area contributed by atoms with Gasteiger partial charge in [0, 0.05) is 0 Å². The highest BCUT2D eigenvalue weighted by molar-refractivity contribution is 7.92. The van der Waals surface area contributed by atoms with Crippen LogP contribution in [0.3, 0.4) is 0 Å². The van der Waals surface area contributed by atoms with Gasteiger partial charge in [-0.3, -0.25) is 0 Å². The van der Waals surface area contributed by atoms with Crippen molar-refractivity contribution in [3.8, 4) is 0 Å². The molecule has 3 N–H and O–H groups in total. The van der Waals surface area contributed by atoms with Crippen LogP contribution in [0.5, 0.6) is 0 Å². The van der Waals surface area contributed by atoms with Gasteiger partial charge in [-0.1, -0.05) is 6.07 Å². The molecule has 2 atom stereocenters. The van der Waals surface area contributed by atoms with Crippen LogP contribution in [0.2, 0.25) is 0 Å². The average molecular weight is 420 g/mol. The number of benzene rings is 1. The number of sulfone groups is 1. The molecule has 0 unspecified atom stereocenters. The number of hydrogen-bond donors (Lipinski definition) is 3. The Kier molecular flexibility index (Phi) is 6.12. The molecule has 12 heteroatoms. The van der Waals surface area contributed by atoms with Crippen LogP contribution in [0, 0.1) is 6.92 Å². The minimum Gasteiger partial charge on any atom is -0.478 e. The Labute approximate surface area is 156 Å². The lowest BCUT2D eigenvalue weighted by molar-refractivity contribution is 0.0696. The van der Waals surface area contributed by atoms with Gasteiger partial charge in [0.05, 0.1) is 40.7 Å². The monoisotopic (exact) mass is 420 g/mol. The van der Waals surface area contributed by atoms with Crippen molar-refractivity contribution in [2.24, 2.45) is 0 Å². The summed E-state index contributed by atoms with van der Waals surface area (Å²) in [5, 5.41) is 11.4. The van der Waals surface area contributed by atoms with Gasteiger partial charge in [0.25, 0.3) is 0 Å². The van der Waals surface area contributed by atoms with Crippen LogP contribution >= 0.6 is 0 Å². The Morgan fingerprint density at radius 3 is 2.48 bits per heavy atom. The molecule has 1 aliphatic rings. The summed E-state index contributed by atoms with van der Waals surface area (Å²) in [6.07, 6.45) is -0.854. The Bertz CT molecular complexity index is 956. The molecule has 27 heavy (non-hydrogen) atoms. The first kappa shape index (κ1) is 21.1. The number of alkyl carbamates (subject to hydrolysis) is 1. The molecule has 0 spiro atoms. The van der Waals surface area contributed by atoms with Crippen molar-refractivity contribution in [3.63, 3.8) is 0 Å². The van der Waals surface area contributed by atoms with Crippen LogP contribution < -0.4 is 10.0 Å². The van der Waals surface area contributed by atoms with E-state index in [2.05, 4.69) is 10.0 Å². The predicted octanol–water partition coefficient (Wildman–Crippen LogP) is -0.117. The first-order chi connectivity index (χ1) is 12.4. The molecule has 1 heterocycles. The van der Waals surface area contributed by atoms with Crippen LogP contribution in [0.25, 0.3) is 0 Å². The van der Waals surface area contributed by atoms with E-state index in [0.29, 0.717) is 5.56 Å². The number of carboxylic acids is 1. The lowest BCUT2D eigenvalue weighted by atomic mass is 10.1. The SMILES string of the molecule is CCOC(=O)N[C@@H]1CS(=O)(=O)C[C@@H]1NS(=O)(=O)c1cc(C(=O)O)ccc1C. The van der Waals surface area contributed by atoms with E-state index in [1.54, 1.807) is 6.92 Å². The molecule has 0 saturated carbocycles. The zero-order valence-corrected chi connectivity index (χ0v) is 16.3. The maximum Gasteiger partial charge on any atom is 0.407 e. The molecule has 1 aromatic carbocycles. The molecule has 0 radical (unpaired) electrons. The summed E-state index contributed by atoms with van der Waals surface area (Å²) in [7, 11) is -7.81. The van der Waals surface area contributed by atoms with Gasteiger partial charge in [-0.05, 0) is 31.5 Å². The number of sulfonamides is 1. The van der Waals surface area contributed by atoms with Crippen molar-refractivity contribution in [2.75, 3.05) is 18.1 Å². The smallest absolute Gasteiger partial charge is 0.407 e. The zero-order chi connectivity index (χ0) is 20.4. The Hall–Kier alpha value is -2.18. The Morgan fingerprint density at radius 1 is 1.26 bits per heavy atom. The van der Waals surface area contributed by atoms with Crippen LogP contribution in [0.4, 0.5) is 4.79 Å². The molecule has 1 aromatic rings. The third-order valence-corrected chi connectivity index (χ3v) is 7.33. The van der Waals surface area contributed by atoms with Gasteiger partial charge < -0.3 is 15.2 Å². The largest absolute Gasteiger partial charge is 0.478 e. The number of ether oxygens (including phenoxy) is 1. The van der Waals surface area contributed by atoms with E-state index in [9.17, 15) is 26.4 Å². The first-order valence-corrected chi connectivity index (χ1v) is 11.3. The van der Waals surface area contributed by atoms with Crippen LogP contribution in [-0.4, -0.2) is 64.2 Å². The number of amides is 1. The summed E-state index contributed by atoms with van der Waals surface area (Å²) in [6.45, 7) is 3.13. The molecule has 1 aliphatic heterocycles. The fourth-order valence-corrected chi connectivity index (χ4v) is 6.23. The van der Waals surface area contributed by atoms with Gasteiger partial charge in [0.15, 0.2) is 9.84 Å². The number of aryl methyl sites for hydroxylation is 1. The van der Waals surface area contributed by atoms with Crippen molar-refractivity contribution < 1.29 is 36.3 Å². The highest BCUT2D eigenvalue weighted by Crippen LogP contribution is 2.20. The standard InChI is InChI=1S/C15H20N2O8S2/c1-3-25-15(20)16-11-7-26(21,22)8-12(11)17-27(23,24)13-6-10(14(18)19)5-4-9(13)2/h4-6,11-12,17H,3,7-8H2,1-2H3,(H,16,20)(H,18,19)/t11-,12+/m1/s1. The van der Waals surface area contributed by atoms with E-state index in [1.807, 2.05) is 0 Å². The Balaban J connectivity index is 2.30. The molecule has 2 rings (SSSR count). The summed E-state index contributed by atoms with van der Waals surface area (Å²) in [5.41, 5.74) is 0.0736. The van der Waals surface area contributed by atoms with Crippen LogP contribution in [-0.2, 0) is 24.6 Å². The average Bonchev–Trinajstić information content (AvgIpc) is 2.80. The minimum absolute atomic E-state index is 0.0723. The Morgan fingerprint density at radius 2 is 1.89 bits per heavy atom. The van der Waals surface area contributed by atoms with E-state index >= 15 is 0 Å². The van der Waals surface area contributed by atoms with Gasteiger partial charge in [0.2, 0.25) is 10.0 Å². The third kappa shape index (κ3) is 5.17. The van der Waals surface area contributed by atoms with Crippen molar-refractivity contribution in [1.29, 1.82) is 0 Å². The van der Waals surface area contributed by atoms with Crippen LogP contribution in [0.1, 0.15) is 22.8 Å². The summed E-state index contributed by atoms with van der Waals surface area (Å²) >= 11 is 0. The number of aromatic carboxylic acids is 1. The van der Waals surface area contributed by atoms with Crippen molar-refractivity contribution in [3.05, 3.63) is 29.3 Å². The molecule has 1 saturated heterocycles. The van der Waals surface area contributed by atoms with E-state index in [1.165, 1.54) is 19.1 Å². The molecule has 1 fully saturated rings. The highest BCUT2D eigenvalue weighted by Gasteiger charge is 2.41. The molecule has 0 bridgehead atoms. The summed E-state index contributed by atoms with van der Waals surface area (Å²) < 4.78 is 56.2. The predicted molar refractivity (Wildman–Crippen MR) is 94.8 cm³/mol. The van der Waals surface area contributed by atoms with Crippen LogP contribution in [0.15, 0.2) is 23.1 Å². The lowest BCUT2D eigenvalue weighted by Crippen LogP contribution is -2.51. The minimum atomic E-state index is -4.23. The number of hydrogen-bond acceptors (Lipinski definition) is 7. The number of carbonyl (C=O) groups excluding carboxylic acids is 1. The summed E-state index contributed by atoms with van der Waals surface area (Å²) in [4.78, 5) is 22.4. The van der Waals surface area contributed by atoms with E-state index in [-0.39, 0.29) is 17.1 Å². The second-order valence-corrected chi connectivity index (χ2v) is 9.90. The first-order valence-electron chi connectivity index (χ1n) is 7.95. The fourth-order valence-electron chi connectivity index (χ4n) is 2.72. The highest BCUT2D eigenvalue weighted by atomic mass is 32.2. The molecule has 0 aliphatic carbocycles. The number of rotatable bonds is 6. The molecular weight excluding hydrogens is 400 g/mol. The van der Waals surface area contributed by atoms with Gasteiger partial charge in [-0.15, -0.1) is 0 Å². The van der Waals surface area contributed by atoms with Crippen molar-refractivity contribution in [1.82, 2.24) is 10.0 Å².